The number of nitrogens with one attached hydrogen (secondary N) is 1. The Kier molecular flexibility index (Phi) is 9.16. The lowest BCUT2D eigenvalue weighted by Crippen LogP contribution is -2.51. The van der Waals surface area contributed by atoms with Crippen LogP contribution >= 0.6 is 23.2 Å². The van der Waals surface area contributed by atoms with Gasteiger partial charge in [-0.25, -0.2) is 0 Å². The number of benzene rings is 3. The molecule has 3 aromatic rings. The van der Waals surface area contributed by atoms with Crippen LogP contribution in [0.5, 0.6) is 5.75 Å². The number of carbonyl (C=O) groups excluding carboxylic acids is 2. The molecule has 7 heteroatoms. The van der Waals surface area contributed by atoms with E-state index in [4.69, 9.17) is 27.9 Å². The summed E-state index contributed by atoms with van der Waals surface area (Å²) in [6.07, 6.45) is 0.366. The zero-order valence-electron chi connectivity index (χ0n) is 18.3. The molecule has 3 rings (SSSR count). The van der Waals surface area contributed by atoms with Gasteiger partial charge in [0.1, 0.15) is 11.8 Å². The summed E-state index contributed by atoms with van der Waals surface area (Å²) in [5.74, 6) is -0.149. The van der Waals surface area contributed by atoms with Gasteiger partial charge in [-0.3, -0.25) is 9.59 Å². The van der Waals surface area contributed by atoms with Gasteiger partial charge in [-0.05, 0) is 42.3 Å². The summed E-state index contributed by atoms with van der Waals surface area (Å²) in [6.45, 7) is 2.26. The maximum atomic E-state index is 13.4. The SMILES string of the molecule is CCNC(=O)[C@H](Cc1ccccc1)N(Cc1cccc(Cl)c1)C(=O)COc1ccccc1Cl. The van der Waals surface area contributed by atoms with E-state index in [1.165, 1.54) is 0 Å². The van der Waals surface area contributed by atoms with E-state index in [9.17, 15) is 9.59 Å². The summed E-state index contributed by atoms with van der Waals surface area (Å²) in [4.78, 5) is 28.0. The van der Waals surface area contributed by atoms with Crippen molar-refractivity contribution in [1.82, 2.24) is 10.2 Å². The standard InChI is InChI=1S/C26H26Cl2N2O3/c1-2-29-26(32)23(16-19-9-4-3-5-10-19)30(17-20-11-8-12-21(27)15-20)25(31)18-33-24-14-7-6-13-22(24)28/h3-15,23H,2,16-18H2,1H3,(H,29,32)/t23-/m0/s1. The molecule has 1 atom stereocenters. The molecule has 33 heavy (non-hydrogen) atoms. The second-order valence-corrected chi connectivity index (χ2v) is 8.31. The fourth-order valence-corrected chi connectivity index (χ4v) is 3.87. The molecular formula is C26H26Cl2N2O3. The summed E-state index contributed by atoms with van der Waals surface area (Å²) in [5.41, 5.74) is 1.76. The highest BCUT2D eigenvalue weighted by Crippen LogP contribution is 2.24. The fraction of sp³-hybridized carbons (Fsp3) is 0.231. The van der Waals surface area contributed by atoms with Crippen LogP contribution in [0.2, 0.25) is 10.0 Å². The van der Waals surface area contributed by atoms with E-state index >= 15 is 0 Å². The lowest BCUT2D eigenvalue weighted by atomic mass is 10.0. The Balaban J connectivity index is 1.90. The number of hydrogen-bond donors (Lipinski definition) is 1. The highest BCUT2D eigenvalue weighted by molar-refractivity contribution is 6.32. The van der Waals surface area contributed by atoms with Gasteiger partial charge in [0.25, 0.3) is 5.91 Å². The topological polar surface area (TPSA) is 58.6 Å². The Labute approximate surface area is 204 Å². The summed E-state index contributed by atoms with van der Waals surface area (Å²) >= 11 is 12.3. The van der Waals surface area contributed by atoms with Crippen LogP contribution in [-0.4, -0.2) is 35.9 Å². The number of hydrogen-bond acceptors (Lipinski definition) is 3. The molecule has 0 spiro atoms. The first-order valence-corrected chi connectivity index (χ1v) is 11.5. The summed E-state index contributed by atoms with van der Waals surface area (Å²) in [7, 11) is 0. The number of amides is 2. The van der Waals surface area contributed by atoms with Crippen molar-refractivity contribution >= 4 is 35.0 Å². The highest BCUT2D eigenvalue weighted by Gasteiger charge is 2.30. The number of likely N-dealkylation sites (N-methyl/N-ethyl adjacent to an activating group) is 1. The molecule has 0 radical (unpaired) electrons. The molecule has 0 unspecified atom stereocenters. The Bertz CT molecular complexity index is 1080. The highest BCUT2D eigenvalue weighted by atomic mass is 35.5. The van der Waals surface area contributed by atoms with Crippen LogP contribution in [0.4, 0.5) is 0 Å². The minimum absolute atomic E-state index is 0.208. The number of rotatable bonds is 10. The summed E-state index contributed by atoms with van der Waals surface area (Å²) in [6, 6.07) is 23.1. The van der Waals surface area contributed by atoms with E-state index < -0.39 is 6.04 Å². The Morgan fingerprint density at radius 2 is 1.64 bits per heavy atom. The van der Waals surface area contributed by atoms with Gasteiger partial charge in [0.15, 0.2) is 6.61 Å². The van der Waals surface area contributed by atoms with Crippen molar-refractivity contribution in [3.05, 3.63) is 100 Å². The van der Waals surface area contributed by atoms with E-state index in [2.05, 4.69) is 5.32 Å². The van der Waals surface area contributed by atoms with E-state index in [1.54, 1.807) is 41.3 Å². The molecule has 0 aliphatic heterocycles. The molecule has 0 aliphatic carbocycles. The van der Waals surface area contributed by atoms with Crippen molar-refractivity contribution in [1.29, 1.82) is 0 Å². The lowest BCUT2D eigenvalue weighted by molar-refractivity contribution is -0.142. The average molecular weight is 485 g/mol. The molecule has 0 aromatic heterocycles. The van der Waals surface area contributed by atoms with Crippen LogP contribution in [0, 0.1) is 0 Å². The second-order valence-electron chi connectivity index (χ2n) is 7.47. The van der Waals surface area contributed by atoms with Crippen molar-refractivity contribution in [3.63, 3.8) is 0 Å². The van der Waals surface area contributed by atoms with Crippen LogP contribution in [-0.2, 0) is 22.6 Å². The van der Waals surface area contributed by atoms with Crippen molar-refractivity contribution in [2.45, 2.75) is 25.9 Å². The zero-order chi connectivity index (χ0) is 23.6. The molecule has 0 saturated carbocycles. The first kappa shape index (κ1) is 24.6. The first-order valence-electron chi connectivity index (χ1n) is 10.7. The molecule has 0 bridgehead atoms. The van der Waals surface area contributed by atoms with Crippen LogP contribution in [0.1, 0.15) is 18.1 Å². The number of para-hydroxylation sites is 1. The van der Waals surface area contributed by atoms with Crippen molar-refractivity contribution in [3.8, 4) is 5.75 Å². The van der Waals surface area contributed by atoms with E-state index in [0.717, 1.165) is 11.1 Å². The van der Waals surface area contributed by atoms with E-state index in [-0.39, 0.29) is 25.0 Å². The largest absolute Gasteiger partial charge is 0.482 e. The third-order valence-corrected chi connectivity index (χ3v) is 5.60. The third kappa shape index (κ3) is 7.24. The molecule has 3 aromatic carbocycles. The molecule has 5 nitrogen and oxygen atoms in total. The Hall–Kier alpha value is -3.02. The molecule has 172 valence electrons. The Morgan fingerprint density at radius 3 is 2.33 bits per heavy atom. The van der Waals surface area contributed by atoms with Crippen LogP contribution in [0.25, 0.3) is 0 Å². The Morgan fingerprint density at radius 1 is 0.939 bits per heavy atom. The molecule has 0 saturated heterocycles. The van der Waals surface area contributed by atoms with Gasteiger partial charge in [0.2, 0.25) is 5.91 Å². The van der Waals surface area contributed by atoms with Gasteiger partial charge in [-0.15, -0.1) is 0 Å². The molecule has 0 fully saturated rings. The van der Waals surface area contributed by atoms with Gasteiger partial charge in [0.05, 0.1) is 5.02 Å². The van der Waals surface area contributed by atoms with Crippen molar-refractivity contribution < 1.29 is 14.3 Å². The quantitative estimate of drug-likeness (QED) is 0.432. The predicted octanol–water partition coefficient (Wildman–Crippen LogP) is 5.15. The smallest absolute Gasteiger partial charge is 0.261 e. The molecular weight excluding hydrogens is 459 g/mol. The maximum Gasteiger partial charge on any atom is 0.261 e. The van der Waals surface area contributed by atoms with Gasteiger partial charge in [0, 0.05) is 24.5 Å². The zero-order valence-corrected chi connectivity index (χ0v) is 19.9. The number of carbonyl (C=O) groups is 2. The summed E-state index contributed by atoms with van der Waals surface area (Å²) in [5, 5.41) is 3.83. The maximum absolute atomic E-state index is 13.4. The van der Waals surface area contributed by atoms with Crippen molar-refractivity contribution in [2.75, 3.05) is 13.2 Å². The van der Waals surface area contributed by atoms with E-state index in [0.29, 0.717) is 28.8 Å². The van der Waals surface area contributed by atoms with E-state index in [1.807, 2.05) is 49.4 Å². The van der Waals surface area contributed by atoms with Gasteiger partial charge >= 0.3 is 0 Å². The van der Waals surface area contributed by atoms with Crippen molar-refractivity contribution in [2.24, 2.45) is 0 Å². The minimum Gasteiger partial charge on any atom is -0.482 e. The van der Waals surface area contributed by atoms with Crippen LogP contribution < -0.4 is 10.1 Å². The average Bonchev–Trinajstić information content (AvgIpc) is 2.81. The molecule has 2 amide bonds. The second kappa shape index (κ2) is 12.3. The molecule has 0 heterocycles. The first-order chi connectivity index (χ1) is 16.0. The predicted molar refractivity (Wildman–Crippen MR) is 132 cm³/mol. The molecule has 1 N–H and O–H groups in total. The van der Waals surface area contributed by atoms with Crippen LogP contribution in [0.3, 0.4) is 0 Å². The fourth-order valence-electron chi connectivity index (χ4n) is 3.46. The third-order valence-electron chi connectivity index (χ3n) is 5.05. The number of halogens is 2. The minimum atomic E-state index is -0.728. The number of ether oxygens (including phenoxy) is 1. The normalized spacial score (nSPS) is 11.5. The lowest BCUT2D eigenvalue weighted by Gasteiger charge is -2.31. The van der Waals surface area contributed by atoms with Crippen LogP contribution in [0.15, 0.2) is 78.9 Å². The summed E-state index contributed by atoms with van der Waals surface area (Å²) < 4.78 is 5.70. The van der Waals surface area contributed by atoms with Gasteiger partial charge < -0.3 is 15.0 Å². The number of nitrogens with zero attached hydrogens (tertiary/aromatic N) is 1. The van der Waals surface area contributed by atoms with Gasteiger partial charge in [-0.1, -0.05) is 77.8 Å². The molecule has 0 aliphatic rings. The van der Waals surface area contributed by atoms with Gasteiger partial charge in [-0.2, -0.15) is 0 Å². The monoisotopic (exact) mass is 484 g/mol.